The molecule has 0 aliphatic carbocycles. The Bertz CT molecular complexity index is 1080. The van der Waals surface area contributed by atoms with E-state index in [-0.39, 0.29) is 30.1 Å². The summed E-state index contributed by atoms with van der Waals surface area (Å²) in [5, 5.41) is 4.71. The van der Waals surface area contributed by atoms with Crippen LogP contribution in [0.3, 0.4) is 0 Å². The molecule has 1 amide bonds. The molecule has 3 aromatic rings. The topological polar surface area (TPSA) is 82.2 Å². The lowest BCUT2D eigenvalue weighted by Gasteiger charge is -2.39. The number of ether oxygens (including phenoxy) is 1. The van der Waals surface area contributed by atoms with Crippen molar-refractivity contribution in [3.8, 4) is 11.4 Å². The van der Waals surface area contributed by atoms with Crippen LogP contribution in [-0.4, -0.2) is 49.3 Å². The van der Waals surface area contributed by atoms with Crippen molar-refractivity contribution in [1.29, 1.82) is 0 Å². The molecule has 1 aromatic carbocycles. The number of carbonyl (C=O) groups excluding carboxylic acids is 1. The van der Waals surface area contributed by atoms with E-state index in [1.165, 1.54) is 17.1 Å². The van der Waals surface area contributed by atoms with Crippen molar-refractivity contribution in [3.63, 3.8) is 0 Å². The first kappa shape index (κ1) is 19.2. The van der Waals surface area contributed by atoms with Gasteiger partial charge in [-0.3, -0.25) is 14.2 Å². The van der Waals surface area contributed by atoms with Crippen LogP contribution in [0.4, 0.5) is 0 Å². The number of benzene rings is 1. The standard InChI is InChI=1S/C21H25N5O3/c1-14-5-4-6-15(2)25(14)19(27)12-24-13-22-20-18(21(24)28)11-23-26(20)16-7-9-17(29-3)10-8-16/h7-11,13-15H,4-6,12H2,1-3H3. The summed E-state index contributed by atoms with van der Waals surface area (Å²) in [6.07, 6.45) is 6.06. The van der Waals surface area contributed by atoms with Crippen LogP contribution in [-0.2, 0) is 11.3 Å². The summed E-state index contributed by atoms with van der Waals surface area (Å²) in [5.41, 5.74) is 0.974. The van der Waals surface area contributed by atoms with Crippen LogP contribution in [0.1, 0.15) is 33.1 Å². The van der Waals surface area contributed by atoms with Gasteiger partial charge < -0.3 is 9.64 Å². The molecule has 0 saturated carbocycles. The Morgan fingerprint density at radius 3 is 2.52 bits per heavy atom. The van der Waals surface area contributed by atoms with E-state index in [9.17, 15) is 9.59 Å². The predicted octanol–water partition coefficient (Wildman–Crippen LogP) is 2.38. The van der Waals surface area contributed by atoms with Gasteiger partial charge in [0.15, 0.2) is 5.65 Å². The highest BCUT2D eigenvalue weighted by atomic mass is 16.5. The largest absolute Gasteiger partial charge is 0.497 e. The van der Waals surface area contributed by atoms with Gasteiger partial charge in [0.05, 0.1) is 19.0 Å². The summed E-state index contributed by atoms with van der Waals surface area (Å²) < 4.78 is 8.16. The lowest BCUT2D eigenvalue weighted by atomic mass is 9.97. The molecular formula is C21H25N5O3. The molecule has 152 valence electrons. The van der Waals surface area contributed by atoms with Gasteiger partial charge in [0.1, 0.15) is 24.0 Å². The summed E-state index contributed by atoms with van der Waals surface area (Å²) in [7, 11) is 1.61. The van der Waals surface area contributed by atoms with Crippen LogP contribution in [0.5, 0.6) is 5.75 Å². The third-order valence-electron chi connectivity index (χ3n) is 5.66. The van der Waals surface area contributed by atoms with Crippen molar-refractivity contribution in [3.05, 3.63) is 47.1 Å². The molecule has 2 aromatic heterocycles. The predicted molar refractivity (Wildman–Crippen MR) is 109 cm³/mol. The number of hydrogen-bond donors (Lipinski definition) is 0. The number of nitrogens with zero attached hydrogens (tertiary/aromatic N) is 5. The number of likely N-dealkylation sites (tertiary alicyclic amines) is 1. The van der Waals surface area contributed by atoms with E-state index in [0.717, 1.165) is 30.7 Å². The maximum Gasteiger partial charge on any atom is 0.264 e. The molecule has 2 atom stereocenters. The first-order valence-electron chi connectivity index (χ1n) is 9.88. The number of piperidine rings is 1. The number of methoxy groups -OCH3 is 1. The third kappa shape index (κ3) is 3.50. The molecule has 0 bridgehead atoms. The summed E-state index contributed by atoms with van der Waals surface area (Å²) in [6.45, 7) is 4.12. The Labute approximate surface area is 168 Å². The number of carbonyl (C=O) groups is 1. The molecule has 0 spiro atoms. The van der Waals surface area contributed by atoms with Gasteiger partial charge in [-0.1, -0.05) is 0 Å². The summed E-state index contributed by atoms with van der Waals surface area (Å²) >= 11 is 0. The lowest BCUT2D eigenvalue weighted by Crippen LogP contribution is -2.49. The van der Waals surface area contributed by atoms with Gasteiger partial charge in [-0.2, -0.15) is 5.10 Å². The number of fused-ring (bicyclic) bond motifs is 1. The molecule has 29 heavy (non-hydrogen) atoms. The highest BCUT2D eigenvalue weighted by molar-refractivity contribution is 5.78. The average Bonchev–Trinajstić information content (AvgIpc) is 3.15. The molecule has 1 aliphatic heterocycles. The fraction of sp³-hybridized carbons (Fsp3) is 0.429. The second-order valence-corrected chi connectivity index (χ2v) is 7.60. The van der Waals surface area contributed by atoms with E-state index in [1.54, 1.807) is 11.8 Å². The van der Waals surface area contributed by atoms with Gasteiger partial charge in [-0.25, -0.2) is 9.67 Å². The molecular weight excluding hydrogens is 370 g/mol. The molecule has 4 rings (SSSR count). The fourth-order valence-corrected chi connectivity index (χ4v) is 4.11. The van der Waals surface area contributed by atoms with E-state index in [1.807, 2.05) is 29.2 Å². The van der Waals surface area contributed by atoms with Crippen molar-refractivity contribution >= 4 is 16.9 Å². The molecule has 3 heterocycles. The quantitative estimate of drug-likeness (QED) is 0.677. The van der Waals surface area contributed by atoms with Crippen LogP contribution in [0.15, 0.2) is 41.6 Å². The maximum atomic E-state index is 12.9. The van der Waals surface area contributed by atoms with Gasteiger partial charge in [-0.15, -0.1) is 0 Å². The monoisotopic (exact) mass is 395 g/mol. The number of rotatable bonds is 4. The minimum atomic E-state index is -0.263. The SMILES string of the molecule is COc1ccc(-n2ncc3c(=O)n(CC(=O)N4C(C)CCCC4C)cnc32)cc1. The lowest BCUT2D eigenvalue weighted by molar-refractivity contribution is -0.138. The second-order valence-electron chi connectivity index (χ2n) is 7.60. The number of amides is 1. The molecule has 1 fully saturated rings. The minimum absolute atomic E-state index is 0.00975. The van der Waals surface area contributed by atoms with E-state index < -0.39 is 0 Å². The van der Waals surface area contributed by atoms with Crippen LogP contribution >= 0.6 is 0 Å². The summed E-state index contributed by atoms with van der Waals surface area (Å²) in [6, 6.07) is 7.73. The zero-order chi connectivity index (χ0) is 20.5. The normalized spacial score (nSPS) is 19.5. The first-order chi connectivity index (χ1) is 14.0. The number of hydrogen-bond acceptors (Lipinski definition) is 5. The average molecular weight is 395 g/mol. The Kier molecular flexibility index (Phi) is 5.08. The Balaban J connectivity index is 1.63. The zero-order valence-corrected chi connectivity index (χ0v) is 16.9. The maximum absolute atomic E-state index is 12.9. The van der Waals surface area contributed by atoms with E-state index in [2.05, 4.69) is 23.9 Å². The van der Waals surface area contributed by atoms with Gasteiger partial charge in [-0.05, 0) is 57.4 Å². The minimum Gasteiger partial charge on any atom is -0.497 e. The van der Waals surface area contributed by atoms with Crippen molar-refractivity contribution in [1.82, 2.24) is 24.2 Å². The fourth-order valence-electron chi connectivity index (χ4n) is 4.11. The molecule has 1 aliphatic rings. The van der Waals surface area contributed by atoms with E-state index >= 15 is 0 Å². The van der Waals surface area contributed by atoms with Crippen molar-refractivity contribution in [2.75, 3.05) is 7.11 Å². The Morgan fingerprint density at radius 1 is 1.17 bits per heavy atom. The zero-order valence-electron chi connectivity index (χ0n) is 16.9. The van der Waals surface area contributed by atoms with Gasteiger partial charge >= 0.3 is 0 Å². The Hall–Kier alpha value is -3.16. The molecule has 8 heteroatoms. The van der Waals surface area contributed by atoms with Crippen LogP contribution in [0.25, 0.3) is 16.7 Å². The second kappa shape index (κ2) is 7.69. The van der Waals surface area contributed by atoms with Crippen molar-refractivity contribution in [2.45, 2.75) is 51.7 Å². The van der Waals surface area contributed by atoms with E-state index in [4.69, 9.17) is 4.74 Å². The van der Waals surface area contributed by atoms with Gasteiger partial charge in [0.2, 0.25) is 5.91 Å². The molecule has 2 unspecified atom stereocenters. The van der Waals surface area contributed by atoms with Crippen LogP contribution in [0.2, 0.25) is 0 Å². The van der Waals surface area contributed by atoms with Crippen molar-refractivity contribution < 1.29 is 9.53 Å². The first-order valence-corrected chi connectivity index (χ1v) is 9.88. The van der Waals surface area contributed by atoms with Crippen LogP contribution < -0.4 is 10.3 Å². The molecule has 1 saturated heterocycles. The summed E-state index contributed by atoms with van der Waals surface area (Å²) in [4.78, 5) is 32.1. The highest BCUT2D eigenvalue weighted by Gasteiger charge is 2.29. The third-order valence-corrected chi connectivity index (χ3v) is 5.66. The van der Waals surface area contributed by atoms with E-state index in [0.29, 0.717) is 11.0 Å². The van der Waals surface area contributed by atoms with Crippen LogP contribution in [0, 0.1) is 0 Å². The molecule has 0 N–H and O–H groups in total. The number of aromatic nitrogens is 4. The van der Waals surface area contributed by atoms with Gasteiger partial charge in [0.25, 0.3) is 5.56 Å². The Morgan fingerprint density at radius 2 is 1.86 bits per heavy atom. The van der Waals surface area contributed by atoms with Gasteiger partial charge in [0, 0.05) is 12.1 Å². The molecule has 0 radical (unpaired) electrons. The molecule has 8 nitrogen and oxygen atoms in total. The summed E-state index contributed by atoms with van der Waals surface area (Å²) in [5.74, 6) is 0.690. The van der Waals surface area contributed by atoms with Crippen molar-refractivity contribution in [2.24, 2.45) is 0 Å². The smallest absolute Gasteiger partial charge is 0.264 e. The highest BCUT2D eigenvalue weighted by Crippen LogP contribution is 2.23.